The zero-order valence-corrected chi connectivity index (χ0v) is 16.2. The molecule has 1 saturated carbocycles. The Balaban J connectivity index is 1.40. The van der Waals surface area contributed by atoms with Gasteiger partial charge in [-0.3, -0.25) is 0 Å². The molecular formula is C21H22F3N5O. The predicted molar refractivity (Wildman–Crippen MR) is 106 cm³/mol. The highest BCUT2D eigenvalue weighted by Gasteiger charge is 2.31. The van der Waals surface area contributed by atoms with Gasteiger partial charge in [-0.25, -0.2) is 23.1 Å². The van der Waals surface area contributed by atoms with Crippen LogP contribution in [0.1, 0.15) is 48.4 Å². The number of aromatic nitrogens is 3. The zero-order valence-electron chi connectivity index (χ0n) is 16.2. The molecule has 3 heterocycles. The summed E-state index contributed by atoms with van der Waals surface area (Å²) in [6.07, 6.45) is 2.90. The Morgan fingerprint density at radius 2 is 2.10 bits per heavy atom. The van der Waals surface area contributed by atoms with E-state index >= 15 is 0 Å². The van der Waals surface area contributed by atoms with Gasteiger partial charge in [-0.15, -0.1) is 0 Å². The maximum Gasteiger partial charge on any atom is 0.263 e. The van der Waals surface area contributed by atoms with Crippen molar-refractivity contribution in [2.75, 3.05) is 12.3 Å². The third kappa shape index (κ3) is 3.27. The Kier molecular flexibility index (Phi) is 4.77. The Labute approximate surface area is 171 Å². The van der Waals surface area contributed by atoms with Crippen molar-refractivity contribution in [3.05, 3.63) is 47.2 Å². The van der Waals surface area contributed by atoms with Gasteiger partial charge < -0.3 is 20.4 Å². The van der Waals surface area contributed by atoms with Crippen LogP contribution in [-0.2, 0) is 13.0 Å². The number of anilines is 1. The molecule has 9 heteroatoms. The monoisotopic (exact) mass is 417 g/mol. The Bertz CT molecular complexity index is 1100. The number of nitrogens with one attached hydrogen (secondary N) is 1. The SMILES string of the molecule is Nc1ncnc2c1c(F)cn2[C@H]1CCC(Oc2cc(C(F)F)cc3c2CNCC3)C1. The van der Waals surface area contributed by atoms with Crippen LogP contribution in [0.25, 0.3) is 11.0 Å². The standard InChI is InChI=1S/C21H22F3N5O/c22-16-9-29(21-18(16)20(25)27-10-28-21)13-1-2-14(7-13)30-17-6-12(19(23)24)5-11-3-4-26-8-15(11)17/h5-6,9-10,13-14,19,26H,1-4,7-8H2,(H2,25,27,28)/t13-,14?/m0/s1. The molecule has 1 aliphatic heterocycles. The van der Waals surface area contributed by atoms with E-state index in [0.29, 0.717) is 30.8 Å². The second-order valence-corrected chi connectivity index (χ2v) is 7.93. The first-order valence-electron chi connectivity index (χ1n) is 10.1. The summed E-state index contributed by atoms with van der Waals surface area (Å²) in [7, 11) is 0. The number of nitrogen functional groups attached to an aromatic ring is 1. The molecule has 3 aromatic rings. The van der Waals surface area contributed by atoms with Gasteiger partial charge in [-0.1, -0.05) is 0 Å². The number of hydrogen-bond donors (Lipinski definition) is 2. The van der Waals surface area contributed by atoms with Crippen LogP contribution in [0.15, 0.2) is 24.7 Å². The molecule has 0 bridgehead atoms. The molecule has 2 aromatic heterocycles. The lowest BCUT2D eigenvalue weighted by Crippen LogP contribution is -2.25. The van der Waals surface area contributed by atoms with Crippen LogP contribution < -0.4 is 15.8 Å². The van der Waals surface area contributed by atoms with Crippen LogP contribution >= 0.6 is 0 Å². The molecule has 2 aliphatic rings. The number of benzene rings is 1. The van der Waals surface area contributed by atoms with Crippen LogP contribution in [0.4, 0.5) is 19.0 Å². The number of halogens is 3. The second-order valence-electron chi connectivity index (χ2n) is 7.93. The highest BCUT2D eigenvalue weighted by molar-refractivity contribution is 5.86. The van der Waals surface area contributed by atoms with Crippen molar-refractivity contribution in [3.63, 3.8) is 0 Å². The van der Waals surface area contributed by atoms with Crippen molar-refractivity contribution in [3.8, 4) is 5.75 Å². The minimum atomic E-state index is -2.54. The average molecular weight is 417 g/mol. The first-order chi connectivity index (χ1) is 14.5. The minimum absolute atomic E-state index is 0.00848. The lowest BCUT2D eigenvalue weighted by atomic mass is 9.97. The van der Waals surface area contributed by atoms with E-state index in [4.69, 9.17) is 10.5 Å². The summed E-state index contributed by atoms with van der Waals surface area (Å²) in [5, 5.41) is 3.51. The Morgan fingerprint density at radius 3 is 2.93 bits per heavy atom. The molecular weight excluding hydrogens is 395 g/mol. The summed E-state index contributed by atoms with van der Waals surface area (Å²) in [4.78, 5) is 8.07. The topological polar surface area (TPSA) is 78.0 Å². The van der Waals surface area contributed by atoms with E-state index in [1.54, 1.807) is 10.6 Å². The number of rotatable bonds is 4. The van der Waals surface area contributed by atoms with Crippen molar-refractivity contribution in [2.24, 2.45) is 0 Å². The first kappa shape index (κ1) is 19.2. The minimum Gasteiger partial charge on any atom is -0.490 e. The lowest BCUT2D eigenvalue weighted by Gasteiger charge is -2.24. The fourth-order valence-electron chi connectivity index (χ4n) is 4.62. The summed E-state index contributed by atoms with van der Waals surface area (Å²) < 4.78 is 49.1. The van der Waals surface area contributed by atoms with E-state index in [2.05, 4.69) is 15.3 Å². The maximum atomic E-state index is 14.4. The number of fused-ring (bicyclic) bond motifs is 2. The average Bonchev–Trinajstić information content (AvgIpc) is 3.33. The molecule has 30 heavy (non-hydrogen) atoms. The fraction of sp³-hybridized carbons (Fsp3) is 0.429. The Morgan fingerprint density at radius 1 is 1.23 bits per heavy atom. The van der Waals surface area contributed by atoms with Crippen LogP contribution in [0.5, 0.6) is 5.75 Å². The van der Waals surface area contributed by atoms with Gasteiger partial charge in [0.25, 0.3) is 6.43 Å². The van der Waals surface area contributed by atoms with Crippen LogP contribution in [0.2, 0.25) is 0 Å². The van der Waals surface area contributed by atoms with Crippen molar-refractivity contribution in [2.45, 2.75) is 50.8 Å². The van der Waals surface area contributed by atoms with Gasteiger partial charge in [0.2, 0.25) is 0 Å². The van der Waals surface area contributed by atoms with Gasteiger partial charge in [0, 0.05) is 36.3 Å². The highest BCUT2D eigenvalue weighted by atomic mass is 19.3. The molecule has 3 N–H and O–H groups in total. The van der Waals surface area contributed by atoms with Crippen LogP contribution in [0.3, 0.4) is 0 Å². The van der Waals surface area contributed by atoms with E-state index in [9.17, 15) is 13.2 Å². The molecule has 1 fully saturated rings. The van der Waals surface area contributed by atoms with E-state index in [1.807, 2.05) is 0 Å². The lowest BCUT2D eigenvalue weighted by molar-refractivity contribution is 0.149. The molecule has 2 atom stereocenters. The quantitative estimate of drug-likeness (QED) is 0.673. The number of alkyl halides is 2. The number of ether oxygens (including phenoxy) is 1. The summed E-state index contributed by atoms with van der Waals surface area (Å²) >= 11 is 0. The molecule has 0 spiro atoms. The summed E-state index contributed by atoms with van der Waals surface area (Å²) in [5.74, 6) is 0.193. The van der Waals surface area contributed by atoms with Gasteiger partial charge in [0.1, 0.15) is 29.6 Å². The molecule has 158 valence electrons. The summed E-state index contributed by atoms with van der Waals surface area (Å²) in [6, 6.07) is 3.04. The largest absolute Gasteiger partial charge is 0.490 e. The Hall–Kier alpha value is -2.81. The molecule has 5 rings (SSSR count). The van der Waals surface area contributed by atoms with Crippen molar-refractivity contribution < 1.29 is 17.9 Å². The molecule has 0 amide bonds. The maximum absolute atomic E-state index is 14.4. The molecule has 1 aliphatic carbocycles. The smallest absolute Gasteiger partial charge is 0.263 e. The van der Waals surface area contributed by atoms with E-state index in [0.717, 1.165) is 30.5 Å². The van der Waals surface area contributed by atoms with E-state index in [1.165, 1.54) is 18.6 Å². The number of nitrogens with zero attached hydrogens (tertiary/aromatic N) is 3. The fourth-order valence-corrected chi connectivity index (χ4v) is 4.62. The van der Waals surface area contributed by atoms with E-state index < -0.39 is 12.2 Å². The predicted octanol–water partition coefficient (Wildman–Crippen LogP) is 3.91. The number of hydrogen-bond acceptors (Lipinski definition) is 5. The first-order valence-corrected chi connectivity index (χ1v) is 10.1. The van der Waals surface area contributed by atoms with Gasteiger partial charge in [0.05, 0.1) is 5.39 Å². The van der Waals surface area contributed by atoms with Gasteiger partial charge in [0.15, 0.2) is 5.82 Å². The van der Waals surface area contributed by atoms with Gasteiger partial charge >= 0.3 is 0 Å². The third-order valence-corrected chi connectivity index (χ3v) is 6.08. The van der Waals surface area contributed by atoms with Crippen LogP contribution in [0, 0.1) is 5.82 Å². The molecule has 1 unspecified atom stereocenters. The molecule has 0 radical (unpaired) electrons. The summed E-state index contributed by atoms with van der Waals surface area (Å²) in [5.41, 5.74) is 8.13. The van der Waals surface area contributed by atoms with Crippen molar-refractivity contribution >= 4 is 16.9 Å². The normalized spacial score (nSPS) is 21.3. The third-order valence-electron chi connectivity index (χ3n) is 6.08. The van der Waals surface area contributed by atoms with Crippen LogP contribution in [-0.4, -0.2) is 27.2 Å². The number of nitrogens with two attached hydrogens (primary N) is 1. The summed E-state index contributed by atoms with van der Waals surface area (Å²) in [6.45, 7) is 1.37. The highest BCUT2D eigenvalue weighted by Crippen LogP contribution is 2.38. The second kappa shape index (κ2) is 7.46. The molecule has 0 saturated heterocycles. The van der Waals surface area contributed by atoms with Crippen molar-refractivity contribution in [1.29, 1.82) is 0 Å². The van der Waals surface area contributed by atoms with Gasteiger partial charge in [-0.05, 0) is 43.5 Å². The van der Waals surface area contributed by atoms with Crippen molar-refractivity contribution in [1.82, 2.24) is 19.9 Å². The molecule has 6 nitrogen and oxygen atoms in total. The van der Waals surface area contributed by atoms with E-state index in [-0.39, 0.29) is 28.9 Å². The molecule has 1 aromatic carbocycles. The van der Waals surface area contributed by atoms with Gasteiger partial charge in [-0.2, -0.15) is 0 Å². The zero-order chi connectivity index (χ0) is 20.8.